The SMILES string of the molecule is Cc1ccc(S(=O)(=O)n2ccc3c(Nc4ccc5nc[nH]c5c4)nc(Cl)nc32)cc1. The lowest BCUT2D eigenvalue weighted by atomic mass is 10.2. The van der Waals surface area contributed by atoms with Gasteiger partial charge in [0.2, 0.25) is 5.28 Å². The lowest BCUT2D eigenvalue weighted by Gasteiger charge is -2.10. The number of nitrogens with one attached hydrogen (secondary N) is 2. The minimum Gasteiger partial charge on any atom is -0.345 e. The van der Waals surface area contributed by atoms with Gasteiger partial charge in [-0.2, -0.15) is 9.97 Å². The zero-order chi connectivity index (χ0) is 20.9. The van der Waals surface area contributed by atoms with Crippen molar-refractivity contribution in [1.82, 2.24) is 23.9 Å². The number of halogens is 1. The van der Waals surface area contributed by atoms with Crippen LogP contribution in [0.25, 0.3) is 22.1 Å². The van der Waals surface area contributed by atoms with Gasteiger partial charge in [-0.1, -0.05) is 17.7 Å². The van der Waals surface area contributed by atoms with Crippen LogP contribution in [-0.2, 0) is 10.0 Å². The molecule has 0 spiro atoms. The molecule has 0 aliphatic heterocycles. The fourth-order valence-corrected chi connectivity index (χ4v) is 4.69. The normalized spacial score (nSPS) is 11.9. The van der Waals surface area contributed by atoms with Crippen molar-refractivity contribution >= 4 is 55.2 Å². The van der Waals surface area contributed by atoms with Gasteiger partial charge >= 0.3 is 0 Å². The molecular weight excluding hydrogens is 424 g/mol. The van der Waals surface area contributed by atoms with E-state index in [-0.39, 0.29) is 15.8 Å². The minimum absolute atomic E-state index is 0.0633. The summed E-state index contributed by atoms with van der Waals surface area (Å²) in [5.41, 5.74) is 3.60. The molecule has 5 rings (SSSR count). The second-order valence-corrected chi connectivity index (χ2v) is 8.92. The highest BCUT2D eigenvalue weighted by molar-refractivity contribution is 7.90. The topological polar surface area (TPSA) is 106 Å². The molecule has 10 heteroatoms. The average molecular weight is 439 g/mol. The Morgan fingerprint density at radius 1 is 1.07 bits per heavy atom. The summed E-state index contributed by atoms with van der Waals surface area (Å²) in [6.45, 7) is 1.90. The van der Waals surface area contributed by atoms with Crippen molar-refractivity contribution < 1.29 is 8.42 Å². The molecule has 0 unspecified atom stereocenters. The lowest BCUT2D eigenvalue weighted by Crippen LogP contribution is -2.12. The Labute approximate surface area is 176 Å². The molecule has 0 saturated heterocycles. The third kappa shape index (κ3) is 3.08. The molecule has 8 nitrogen and oxygen atoms in total. The number of benzene rings is 2. The monoisotopic (exact) mass is 438 g/mol. The zero-order valence-corrected chi connectivity index (χ0v) is 17.2. The minimum atomic E-state index is -3.84. The molecule has 0 amide bonds. The van der Waals surface area contributed by atoms with Gasteiger partial charge in [0.1, 0.15) is 5.82 Å². The smallest absolute Gasteiger partial charge is 0.269 e. The largest absolute Gasteiger partial charge is 0.345 e. The van der Waals surface area contributed by atoms with E-state index in [0.29, 0.717) is 11.2 Å². The molecule has 150 valence electrons. The molecule has 0 radical (unpaired) electrons. The predicted octanol–water partition coefficient (Wildman–Crippen LogP) is 4.25. The van der Waals surface area contributed by atoms with Crippen molar-refractivity contribution in [3.63, 3.8) is 0 Å². The van der Waals surface area contributed by atoms with Crippen molar-refractivity contribution in [3.05, 3.63) is 71.9 Å². The lowest BCUT2D eigenvalue weighted by molar-refractivity contribution is 0.588. The van der Waals surface area contributed by atoms with E-state index in [1.54, 1.807) is 36.7 Å². The highest BCUT2D eigenvalue weighted by Crippen LogP contribution is 2.29. The second kappa shape index (κ2) is 6.82. The van der Waals surface area contributed by atoms with Crippen molar-refractivity contribution in [1.29, 1.82) is 0 Å². The maximum absolute atomic E-state index is 13.1. The average Bonchev–Trinajstić information content (AvgIpc) is 3.35. The number of hydrogen-bond acceptors (Lipinski definition) is 6. The number of aromatic nitrogens is 5. The van der Waals surface area contributed by atoms with Crippen LogP contribution in [0.15, 0.2) is 66.0 Å². The van der Waals surface area contributed by atoms with Gasteiger partial charge in [-0.3, -0.25) is 0 Å². The number of aryl methyl sites for hydroxylation is 1. The molecule has 0 fully saturated rings. The number of H-pyrrole nitrogens is 1. The van der Waals surface area contributed by atoms with Gasteiger partial charge in [-0.25, -0.2) is 17.4 Å². The summed E-state index contributed by atoms with van der Waals surface area (Å²) < 4.78 is 27.4. The van der Waals surface area contributed by atoms with Crippen LogP contribution in [0.2, 0.25) is 5.28 Å². The summed E-state index contributed by atoms with van der Waals surface area (Å²) in [5, 5.41) is 3.65. The number of nitrogens with zero attached hydrogens (tertiary/aromatic N) is 4. The quantitative estimate of drug-likeness (QED) is 0.406. The first kappa shape index (κ1) is 18.6. The fraction of sp³-hybridized carbons (Fsp3) is 0.0500. The van der Waals surface area contributed by atoms with E-state index in [2.05, 4.69) is 25.3 Å². The molecule has 30 heavy (non-hydrogen) atoms. The first-order valence-corrected chi connectivity index (χ1v) is 10.8. The molecule has 3 aromatic heterocycles. The number of fused-ring (bicyclic) bond motifs is 2. The van der Waals surface area contributed by atoms with Crippen molar-refractivity contribution in [3.8, 4) is 0 Å². The Hall–Kier alpha value is -3.43. The van der Waals surface area contributed by atoms with Gasteiger partial charge in [0.05, 0.1) is 27.6 Å². The van der Waals surface area contributed by atoms with E-state index in [1.165, 1.54) is 6.20 Å². The third-order valence-electron chi connectivity index (χ3n) is 4.74. The Balaban J connectivity index is 1.61. The third-order valence-corrected chi connectivity index (χ3v) is 6.59. The van der Waals surface area contributed by atoms with Gasteiger partial charge < -0.3 is 10.3 Å². The molecule has 0 aliphatic rings. The molecule has 2 aromatic carbocycles. The Bertz CT molecular complexity index is 1510. The van der Waals surface area contributed by atoms with E-state index in [1.807, 2.05) is 25.1 Å². The number of rotatable bonds is 4. The van der Waals surface area contributed by atoms with Crippen LogP contribution in [-0.4, -0.2) is 32.3 Å². The summed E-state index contributed by atoms with van der Waals surface area (Å²) in [6, 6.07) is 13.9. The summed E-state index contributed by atoms with van der Waals surface area (Å²) in [4.78, 5) is 15.8. The maximum atomic E-state index is 13.1. The van der Waals surface area contributed by atoms with E-state index in [9.17, 15) is 8.42 Å². The number of anilines is 2. The highest BCUT2D eigenvalue weighted by atomic mass is 35.5. The van der Waals surface area contributed by atoms with Gasteiger partial charge in [0.15, 0.2) is 5.65 Å². The van der Waals surface area contributed by atoms with Crippen molar-refractivity contribution in [2.45, 2.75) is 11.8 Å². The van der Waals surface area contributed by atoms with Crippen molar-refractivity contribution in [2.75, 3.05) is 5.32 Å². The van der Waals surface area contributed by atoms with Crippen LogP contribution in [0.5, 0.6) is 0 Å². The van der Waals surface area contributed by atoms with Crippen LogP contribution in [0.4, 0.5) is 11.5 Å². The van der Waals surface area contributed by atoms with Crippen LogP contribution < -0.4 is 5.32 Å². The fourth-order valence-electron chi connectivity index (χ4n) is 3.23. The molecule has 0 atom stereocenters. The van der Waals surface area contributed by atoms with E-state index in [4.69, 9.17) is 11.6 Å². The van der Waals surface area contributed by atoms with E-state index < -0.39 is 10.0 Å². The summed E-state index contributed by atoms with van der Waals surface area (Å²) in [6.07, 6.45) is 3.07. The molecule has 0 aliphatic carbocycles. The van der Waals surface area contributed by atoms with Gasteiger partial charge in [-0.15, -0.1) is 0 Å². The molecule has 0 bridgehead atoms. The molecule has 2 N–H and O–H groups in total. The van der Waals surface area contributed by atoms with E-state index >= 15 is 0 Å². The van der Waals surface area contributed by atoms with E-state index in [0.717, 1.165) is 26.3 Å². The van der Waals surface area contributed by atoms with Crippen molar-refractivity contribution in [2.24, 2.45) is 0 Å². The number of hydrogen-bond donors (Lipinski definition) is 2. The highest BCUT2D eigenvalue weighted by Gasteiger charge is 2.22. The Morgan fingerprint density at radius 3 is 2.67 bits per heavy atom. The van der Waals surface area contributed by atoms with Gasteiger partial charge in [-0.05, 0) is 54.9 Å². The van der Waals surface area contributed by atoms with Crippen LogP contribution in [0, 0.1) is 6.92 Å². The first-order valence-electron chi connectivity index (χ1n) is 8.99. The zero-order valence-electron chi connectivity index (χ0n) is 15.7. The second-order valence-electron chi connectivity index (χ2n) is 6.77. The first-order chi connectivity index (χ1) is 14.4. The molecule has 0 saturated carbocycles. The Morgan fingerprint density at radius 2 is 1.87 bits per heavy atom. The number of aromatic amines is 1. The Kier molecular flexibility index (Phi) is 4.23. The van der Waals surface area contributed by atoms with Crippen LogP contribution in [0.3, 0.4) is 0 Å². The predicted molar refractivity (Wildman–Crippen MR) is 116 cm³/mol. The van der Waals surface area contributed by atoms with Crippen LogP contribution in [0.1, 0.15) is 5.56 Å². The van der Waals surface area contributed by atoms with Crippen LogP contribution >= 0.6 is 11.6 Å². The standard InChI is InChI=1S/C20H15ClN6O2S/c1-12-2-5-14(6-3-12)30(28,29)27-9-8-15-18(25-20(21)26-19(15)27)24-13-4-7-16-17(10-13)23-11-22-16/h2-11H,1H3,(H,22,23)(H,24,25,26). The number of imidazole rings is 1. The van der Waals surface area contributed by atoms with Gasteiger partial charge in [0.25, 0.3) is 10.0 Å². The molecule has 3 heterocycles. The summed E-state index contributed by atoms with van der Waals surface area (Å²) >= 11 is 6.13. The maximum Gasteiger partial charge on any atom is 0.269 e. The summed E-state index contributed by atoms with van der Waals surface area (Å²) in [7, 11) is -3.84. The molecule has 5 aromatic rings. The summed E-state index contributed by atoms with van der Waals surface area (Å²) in [5.74, 6) is 0.404. The molecular formula is C20H15ClN6O2S. The van der Waals surface area contributed by atoms with Gasteiger partial charge in [0, 0.05) is 11.9 Å².